The van der Waals surface area contributed by atoms with E-state index in [0.29, 0.717) is 6.61 Å². The molecule has 3 nitrogen and oxygen atoms in total. The quantitative estimate of drug-likeness (QED) is 0.739. The van der Waals surface area contributed by atoms with Crippen molar-refractivity contribution in [2.24, 2.45) is 0 Å². The summed E-state index contributed by atoms with van der Waals surface area (Å²) in [6, 6.07) is 6.15. The fraction of sp³-hybridized carbons (Fsp3) is 0.533. The molecule has 105 valence electrons. The molecule has 0 N–H and O–H groups in total. The van der Waals surface area contributed by atoms with Gasteiger partial charge in [0.15, 0.2) is 0 Å². The average Bonchev–Trinajstić information content (AvgIpc) is 2.46. The number of piperidine rings is 1. The number of methoxy groups -OCH3 is 1. The summed E-state index contributed by atoms with van der Waals surface area (Å²) in [6.45, 7) is 3.72. The highest BCUT2D eigenvalue weighted by molar-refractivity contribution is 5.21. The molecule has 0 aromatic heterocycles. The van der Waals surface area contributed by atoms with Gasteiger partial charge in [-0.25, -0.2) is 4.39 Å². The van der Waals surface area contributed by atoms with Gasteiger partial charge in [0, 0.05) is 20.2 Å². The summed E-state index contributed by atoms with van der Waals surface area (Å²) < 4.78 is 23.6. The van der Waals surface area contributed by atoms with E-state index in [1.807, 2.05) is 0 Å². The van der Waals surface area contributed by atoms with Gasteiger partial charge in [0.05, 0.1) is 12.7 Å². The van der Waals surface area contributed by atoms with Crippen LogP contribution in [0.15, 0.2) is 24.3 Å². The summed E-state index contributed by atoms with van der Waals surface area (Å²) in [4.78, 5) is 2.39. The predicted molar refractivity (Wildman–Crippen MR) is 72.7 cm³/mol. The minimum Gasteiger partial charge on any atom is -0.494 e. The van der Waals surface area contributed by atoms with Crippen molar-refractivity contribution < 1.29 is 13.9 Å². The second kappa shape index (κ2) is 7.46. The third-order valence-corrected chi connectivity index (χ3v) is 3.32. The lowest BCUT2D eigenvalue weighted by Gasteiger charge is -2.31. The lowest BCUT2D eigenvalue weighted by atomic mass is 10.1. The maximum absolute atomic E-state index is 12.7. The van der Waals surface area contributed by atoms with E-state index in [1.165, 1.54) is 12.1 Å². The molecule has 0 bridgehead atoms. The molecule has 1 aliphatic rings. The molecule has 1 unspecified atom stereocenters. The van der Waals surface area contributed by atoms with Gasteiger partial charge in [0.2, 0.25) is 0 Å². The third-order valence-electron chi connectivity index (χ3n) is 3.32. The Bertz CT molecular complexity index is 369. The highest BCUT2D eigenvalue weighted by Gasteiger charge is 2.18. The number of benzene rings is 1. The van der Waals surface area contributed by atoms with Crippen molar-refractivity contribution >= 4 is 0 Å². The van der Waals surface area contributed by atoms with Gasteiger partial charge in [-0.3, -0.25) is 0 Å². The lowest BCUT2D eigenvalue weighted by Crippen LogP contribution is -2.40. The summed E-state index contributed by atoms with van der Waals surface area (Å²) in [5.41, 5.74) is 0. The van der Waals surface area contributed by atoms with Gasteiger partial charge >= 0.3 is 0 Å². The number of hydrogen-bond donors (Lipinski definition) is 0. The van der Waals surface area contributed by atoms with E-state index in [1.54, 1.807) is 19.2 Å². The van der Waals surface area contributed by atoms with Crippen LogP contribution in [0.25, 0.3) is 0 Å². The first-order valence-corrected chi connectivity index (χ1v) is 6.75. The van der Waals surface area contributed by atoms with E-state index in [0.717, 1.165) is 38.2 Å². The lowest BCUT2D eigenvalue weighted by molar-refractivity contribution is 0.0621. The normalized spacial score (nSPS) is 20.4. The molecule has 1 aliphatic heterocycles. The van der Waals surface area contributed by atoms with E-state index in [2.05, 4.69) is 11.3 Å². The minimum atomic E-state index is -0.234. The molecular weight excluding hydrogens is 245 g/mol. The van der Waals surface area contributed by atoms with Crippen molar-refractivity contribution in [3.8, 4) is 5.75 Å². The van der Waals surface area contributed by atoms with Gasteiger partial charge in [-0.15, -0.1) is 0 Å². The van der Waals surface area contributed by atoms with Crippen molar-refractivity contribution in [2.45, 2.75) is 18.9 Å². The largest absolute Gasteiger partial charge is 0.494 e. The third kappa shape index (κ3) is 4.80. The van der Waals surface area contributed by atoms with Crippen LogP contribution in [0.3, 0.4) is 0 Å². The van der Waals surface area contributed by atoms with Crippen LogP contribution in [0.4, 0.5) is 4.39 Å². The van der Waals surface area contributed by atoms with Crippen molar-refractivity contribution in [1.29, 1.82) is 0 Å². The van der Waals surface area contributed by atoms with Gasteiger partial charge in [-0.2, -0.15) is 0 Å². The summed E-state index contributed by atoms with van der Waals surface area (Å²) in [7, 11) is 1.75. The van der Waals surface area contributed by atoms with E-state index in [-0.39, 0.29) is 11.9 Å². The Balaban J connectivity index is 1.62. The van der Waals surface area contributed by atoms with E-state index >= 15 is 0 Å². The number of hydrogen-bond acceptors (Lipinski definition) is 3. The monoisotopic (exact) mass is 266 g/mol. The minimum absolute atomic E-state index is 0.234. The summed E-state index contributed by atoms with van der Waals surface area (Å²) >= 11 is 0. The molecular formula is C15H21FNO2. The molecule has 4 heteroatoms. The van der Waals surface area contributed by atoms with Crippen LogP contribution in [-0.4, -0.2) is 44.4 Å². The van der Waals surface area contributed by atoms with Crippen LogP contribution in [-0.2, 0) is 4.74 Å². The van der Waals surface area contributed by atoms with Gasteiger partial charge in [0.1, 0.15) is 11.6 Å². The highest BCUT2D eigenvalue weighted by atomic mass is 19.1. The predicted octanol–water partition coefficient (Wildman–Crippen LogP) is 2.52. The first kappa shape index (κ1) is 14.3. The first-order valence-electron chi connectivity index (χ1n) is 6.75. The van der Waals surface area contributed by atoms with Crippen LogP contribution in [0.5, 0.6) is 5.75 Å². The summed E-state index contributed by atoms with van der Waals surface area (Å²) in [5.74, 6) is 0.491. The zero-order chi connectivity index (χ0) is 13.5. The Morgan fingerprint density at radius 3 is 2.84 bits per heavy atom. The van der Waals surface area contributed by atoms with Crippen molar-refractivity contribution in [1.82, 2.24) is 4.90 Å². The fourth-order valence-corrected chi connectivity index (χ4v) is 2.25. The highest BCUT2D eigenvalue weighted by Crippen LogP contribution is 2.13. The molecule has 1 saturated heterocycles. The fourth-order valence-electron chi connectivity index (χ4n) is 2.25. The molecule has 1 heterocycles. The zero-order valence-corrected chi connectivity index (χ0v) is 11.3. The molecule has 1 fully saturated rings. The maximum atomic E-state index is 12.7. The molecule has 1 aromatic carbocycles. The van der Waals surface area contributed by atoms with Gasteiger partial charge in [0.25, 0.3) is 0 Å². The van der Waals surface area contributed by atoms with Gasteiger partial charge < -0.3 is 14.4 Å². The van der Waals surface area contributed by atoms with Gasteiger partial charge in [-0.05, 0) is 50.1 Å². The number of likely N-dealkylation sites (tertiary alicyclic amines) is 1. The molecule has 1 radical (unpaired) electrons. The molecule has 0 aliphatic carbocycles. The second-order valence-electron chi connectivity index (χ2n) is 4.76. The van der Waals surface area contributed by atoms with Crippen LogP contribution >= 0.6 is 0 Å². The number of ether oxygens (including phenoxy) is 2. The number of halogens is 1. The molecule has 1 aromatic rings. The Kier molecular flexibility index (Phi) is 5.61. The SMILES string of the molecule is COC1[CH]CCN(CCCOc2ccc(F)cc2)C1. The summed E-state index contributed by atoms with van der Waals surface area (Å²) in [5, 5.41) is 0. The van der Waals surface area contributed by atoms with Crippen molar-refractivity contribution in [3.05, 3.63) is 36.5 Å². The Morgan fingerprint density at radius 2 is 2.11 bits per heavy atom. The average molecular weight is 266 g/mol. The maximum Gasteiger partial charge on any atom is 0.123 e. The Hall–Kier alpha value is -1.13. The molecule has 0 amide bonds. The second-order valence-corrected chi connectivity index (χ2v) is 4.76. The standard InChI is InChI=1S/C15H21FNO2/c1-18-15-4-2-9-17(12-15)10-3-11-19-14-7-5-13(16)6-8-14/h4-8,15H,2-3,9-12H2,1H3. The number of rotatable bonds is 6. The Labute approximate surface area is 114 Å². The molecule has 0 saturated carbocycles. The smallest absolute Gasteiger partial charge is 0.123 e. The molecule has 0 spiro atoms. The van der Waals surface area contributed by atoms with Crippen LogP contribution in [0.1, 0.15) is 12.8 Å². The van der Waals surface area contributed by atoms with Crippen molar-refractivity contribution in [2.75, 3.05) is 33.4 Å². The summed E-state index contributed by atoms with van der Waals surface area (Å²) in [6.07, 6.45) is 4.53. The van der Waals surface area contributed by atoms with Crippen LogP contribution < -0.4 is 4.74 Å². The van der Waals surface area contributed by atoms with E-state index < -0.39 is 0 Å². The molecule has 19 heavy (non-hydrogen) atoms. The first-order chi connectivity index (χ1) is 9.28. The number of nitrogens with zero attached hydrogens (tertiary/aromatic N) is 1. The molecule has 1 atom stereocenters. The van der Waals surface area contributed by atoms with Crippen LogP contribution in [0, 0.1) is 12.2 Å². The van der Waals surface area contributed by atoms with Crippen molar-refractivity contribution in [3.63, 3.8) is 0 Å². The topological polar surface area (TPSA) is 21.7 Å². The molecule has 2 rings (SSSR count). The Morgan fingerprint density at radius 1 is 1.32 bits per heavy atom. The van der Waals surface area contributed by atoms with Gasteiger partial charge in [-0.1, -0.05) is 0 Å². The zero-order valence-electron chi connectivity index (χ0n) is 11.3. The van der Waals surface area contributed by atoms with E-state index in [4.69, 9.17) is 9.47 Å². The van der Waals surface area contributed by atoms with E-state index in [9.17, 15) is 4.39 Å². The van der Waals surface area contributed by atoms with Crippen LogP contribution in [0.2, 0.25) is 0 Å².